The number of halogens is 1. The lowest BCUT2D eigenvalue weighted by Crippen LogP contribution is -2.48. The second-order valence-electron chi connectivity index (χ2n) is 8.12. The molecule has 0 fully saturated rings. The Hall–Kier alpha value is -2.85. The molecule has 33 heavy (non-hydrogen) atoms. The Morgan fingerprint density at radius 2 is 1.73 bits per heavy atom. The standard InChI is InChI=1S/C23H26BrN5O3S/c1-5-32-18-12-10-17(11-13-18)29-20(15-6-8-16(24)9-7-15)27-28-22(29)33-14-19(30)25-21(31)26-23(2,3)4/h6-13H,5,14H2,1-4H3,(H2,25,26,30,31). The van der Waals surface area contributed by atoms with Gasteiger partial charge in [-0.15, -0.1) is 10.2 Å². The lowest BCUT2D eigenvalue weighted by atomic mass is 10.1. The minimum atomic E-state index is -0.531. The van der Waals surface area contributed by atoms with Crippen molar-refractivity contribution >= 4 is 39.6 Å². The van der Waals surface area contributed by atoms with Crippen LogP contribution in [0.25, 0.3) is 17.1 Å². The fourth-order valence-electron chi connectivity index (χ4n) is 2.90. The molecule has 0 bridgehead atoms. The number of imide groups is 1. The number of amides is 3. The van der Waals surface area contributed by atoms with E-state index in [1.54, 1.807) is 0 Å². The molecule has 3 rings (SSSR count). The maximum absolute atomic E-state index is 12.3. The Balaban J connectivity index is 1.84. The molecular formula is C23H26BrN5O3S. The highest BCUT2D eigenvalue weighted by molar-refractivity contribution is 9.10. The summed E-state index contributed by atoms with van der Waals surface area (Å²) >= 11 is 4.65. The molecule has 8 nitrogen and oxygen atoms in total. The second-order valence-corrected chi connectivity index (χ2v) is 9.97. The third-order valence-electron chi connectivity index (χ3n) is 4.22. The number of thioether (sulfide) groups is 1. The molecule has 174 valence electrons. The first-order valence-electron chi connectivity index (χ1n) is 10.4. The highest BCUT2D eigenvalue weighted by atomic mass is 79.9. The molecule has 0 atom stereocenters. The van der Waals surface area contributed by atoms with Crippen molar-refractivity contribution in [3.8, 4) is 22.8 Å². The first-order valence-corrected chi connectivity index (χ1v) is 12.1. The number of aromatic nitrogens is 3. The van der Waals surface area contributed by atoms with Gasteiger partial charge in [-0.2, -0.15) is 0 Å². The summed E-state index contributed by atoms with van der Waals surface area (Å²) in [6, 6.07) is 14.8. The van der Waals surface area contributed by atoms with Gasteiger partial charge in [-0.05, 0) is 64.1 Å². The second kappa shape index (κ2) is 10.8. The van der Waals surface area contributed by atoms with Crippen LogP contribution in [0, 0.1) is 0 Å². The molecule has 3 amide bonds. The number of nitrogens with zero attached hydrogens (tertiary/aromatic N) is 3. The summed E-state index contributed by atoms with van der Waals surface area (Å²) in [6.07, 6.45) is 0. The van der Waals surface area contributed by atoms with Crippen LogP contribution in [-0.4, -0.2) is 44.6 Å². The molecule has 10 heteroatoms. The number of benzene rings is 2. The van der Waals surface area contributed by atoms with Gasteiger partial charge in [-0.3, -0.25) is 14.7 Å². The number of carbonyl (C=O) groups is 2. The molecule has 0 aliphatic heterocycles. The summed E-state index contributed by atoms with van der Waals surface area (Å²) < 4.78 is 8.38. The van der Waals surface area contributed by atoms with Gasteiger partial charge < -0.3 is 10.1 Å². The van der Waals surface area contributed by atoms with Crippen molar-refractivity contribution in [2.45, 2.75) is 38.4 Å². The highest BCUT2D eigenvalue weighted by Gasteiger charge is 2.19. The quantitative estimate of drug-likeness (QED) is 0.424. The Labute approximate surface area is 205 Å². The van der Waals surface area contributed by atoms with Gasteiger partial charge in [0.1, 0.15) is 5.75 Å². The zero-order chi connectivity index (χ0) is 24.0. The summed E-state index contributed by atoms with van der Waals surface area (Å²) in [7, 11) is 0. The number of hydrogen-bond acceptors (Lipinski definition) is 6. The van der Waals surface area contributed by atoms with Crippen LogP contribution in [0.2, 0.25) is 0 Å². The lowest BCUT2D eigenvalue weighted by molar-refractivity contribution is -0.117. The summed E-state index contributed by atoms with van der Waals surface area (Å²) in [5.41, 5.74) is 1.26. The van der Waals surface area contributed by atoms with Gasteiger partial charge in [-0.25, -0.2) is 4.79 Å². The van der Waals surface area contributed by atoms with E-state index >= 15 is 0 Å². The fourth-order valence-corrected chi connectivity index (χ4v) is 3.92. The Morgan fingerprint density at radius 1 is 1.06 bits per heavy atom. The van der Waals surface area contributed by atoms with Crippen LogP contribution >= 0.6 is 27.7 Å². The van der Waals surface area contributed by atoms with E-state index in [0.29, 0.717) is 17.6 Å². The van der Waals surface area contributed by atoms with Crippen LogP contribution in [0.5, 0.6) is 5.75 Å². The van der Waals surface area contributed by atoms with Crippen LogP contribution < -0.4 is 15.4 Å². The Morgan fingerprint density at radius 3 is 2.33 bits per heavy atom. The van der Waals surface area contributed by atoms with E-state index in [0.717, 1.165) is 21.5 Å². The molecule has 0 radical (unpaired) electrons. The van der Waals surface area contributed by atoms with Gasteiger partial charge in [0.15, 0.2) is 11.0 Å². The molecule has 0 saturated heterocycles. The molecule has 1 aromatic heterocycles. The van der Waals surface area contributed by atoms with Gasteiger partial charge in [0.2, 0.25) is 5.91 Å². The maximum Gasteiger partial charge on any atom is 0.321 e. The summed E-state index contributed by atoms with van der Waals surface area (Å²) in [5, 5.41) is 14.3. The average molecular weight is 532 g/mol. The monoisotopic (exact) mass is 531 g/mol. The Bertz CT molecular complexity index is 1110. The van der Waals surface area contributed by atoms with Crippen LogP contribution in [0.4, 0.5) is 4.79 Å². The van der Waals surface area contributed by atoms with Crippen LogP contribution in [-0.2, 0) is 4.79 Å². The van der Waals surface area contributed by atoms with E-state index in [2.05, 4.69) is 36.8 Å². The van der Waals surface area contributed by atoms with Gasteiger partial charge >= 0.3 is 6.03 Å². The number of hydrogen-bond donors (Lipinski definition) is 2. The van der Waals surface area contributed by atoms with E-state index in [1.165, 1.54) is 11.8 Å². The number of rotatable bonds is 7. The minimum absolute atomic E-state index is 0.00701. The van der Waals surface area contributed by atoms with Crippen molar-refractivity contribution in [1.29, 1.82) is 0 Å². The van der Waals surface area contributed by atoms with E-state index in [9.17, 15) is 9.59 Å². The van der Waals surface area contributed by atoms with E-state index in [-0.39, 0.29) is 5.75 Å². The number of ether oxygens (including phenoxy) is 1. The summed E-state index contributed by atoms with van der Waals surface area (Å²) in [5.74, 6) is 0.985. The molecule has 3 aromatic rings. The van der Waals surface area contributed by atoms with Crippen LogP contribution in [0.1, 0.15) is 27.7 Å². The predicted molar refractivity (Wildman–Crippen MR) is 133 cm³/mol. The summed E-state index contributed by atoms with van der Waals surface area (Å²) in [6.45, 7) is 8.04. The SMILES string of the molecule is CCOc1ccc(-n2c(SCC(=O)NC(=O)NC(C)(C)C)nnc2-c2ccc(Br)cc2)cc1. The lowest BCUT2D eigenvalue weighted by Gasteiger charge is -2.20. The smallest absolute Gasteiger partial charge is 0.321 e. The van der Waals surface area contributed by atoms with Gasteiger partial charge in [0.05, 0.1) is 12.4 Å². The molecule has 0 spiro atoms. The van der Waals surface area contributed by atoms with Crippen molar-refractivity contribution in [2.24, 2.45) is 0 Å². The molecule has 1 heterocycles. The van der Waals surface area contributed by atoms with Gasteiger partial charge in [0, 0.05) is 21.3 Å². The minimum Gasteiger partial charge on any atom is -0.494 e. The van der Waals surface area contributed by atoms with Gasteiger partial charge in [0.25, 0.3) is 0 Å². The number of carbonyl (C=O) groups excluding carboxylic acids is 2. The van der Waals surface area contributed by atoms with Crippen molar-refractivity contribution < 1.29 is 14.3 Å². The van der Waals surface area contributed by atoms with E-state index in [4.69, 9.17) is 4.74 Å². The average Bonchev–Trinajstić information content (AvgIpc) is 3.16. The molecule has 0 aliphatic rings. The van der Waals surface area contributed by atoms with E-state index < -0.39 is 17.5 Å². The third kappa shape index (κ3) is 7.06. The highest BCUT2D eigenvalue weighted by Crippen LogP contribution is 2.29. The number of urea groups is 1. The zero-order valence-electron chi connectivity index (χ0n) is 18.9. The van der Waals surface area contributed by atoms with Crippen LogP contribution in [0.3, 0.4) is 0 Å². The van der Waals surface area contributed by atoms with Crippen LogP contribution in [0.15, 0.2) is 58.2 Å². The molecule has 0 unspecified atom stereocenters. The molecule has 0 aliphatic carbocycles. The van der Waals surface area contributed by atoms with Crippen molar-refractivity contribution in [3.63, 3.8) is 0 Å². The van der Waals surface area contributed by atoms with E-state index in [1.807, 2.05) is 80.8 Å². The largest absolute Gasteiger partial charge is 0.494 e. The molecule has 2 N–H and O–H groups in total. The zero-order valence-corrected chi connectivity index (χ0v) is 21.3. The topological polar surface area (TPSA) is 98.1 Å². The first-order chi connectivity index (χ1) is 15.7. The first kappa shape index (κ1) is 24.8. The predicted octanol–water partition coefficient (Wildman–Crippen LogP) is 4.81. The van der Waals surface area contributed by atoms with Crippen molar-refractivity contribution in [3.05, 3.63) is 53.0 Å². The van der Waals surface area contributed by atoms with Crippen molar-refractivity contribution in [2.75, 3.05) is 12.4 Å². The molecule has 2 aromatic carbocycles. The maximum atomic E-state index is 12.3. The summed E-state index contributed by atoms with van der Waals surface area (Å²) in [4.78, 5) is 24.3. The number of nitrogens with one attached hydrogen (secondary N) is 2. The van der Waals surface area contributed by atoms with Gasteiger partial charge in [-0.1, -0.05) is 39.8 Å². The normalized spacial score (nSPS) is 11.2. The fraction of sp³-hybridized carbons (Fsp3) is 0.304. The molecular weight excluding hydrogens is 506 g/mol. The Kier molecular flexibility index (Phi) is 8.15. The molecule has 0 saturated carbocycles. The van der Waals surface area contributed by atoms with Crippen molar-refractivity contribution in [1.82, 2.24) is 25.4 Å². The third-order valence-corrected chi connectivity index (χ3v) is 5.67.